The Labute approximate surface area is 191 Å². The van der Waals surface area contributed by atoms with Crippen molar-refractivity contribution in [3.63, 3.8) is 0 Å². The first-order valence-corrected chi connectivity index (χ1v) is 11.4. The Kier molecular flexibility index (Phi) is 8.46. The molecule has 0 heterocycles. The Morgan fingerprint density at radius 3 is 2.39 bits per heavy atom. The predicted molar refractivity (Wildman–Crippen MR) is 121 cm³/mol. The zero-order valence-electron chi connectivity index (χ0n) is 17.7. The van der Waals surface area contributed by atoms with E-state index in [2.05, 4.69) is 21.2 Å². The van der Waals surface area contributed by atoms with Crippen molar-refractivity contribution >= 4 is 27.7 Å². The summed E-state index contributed by atoms with van der Waals surface area (Å²) in [5.74, 6) is -0.432. The molecule has 7 heteroatoms. The monoisotopic (exact) mass is 490 g/mol. The molecule has 0 bridgehead atoms. The quantitative estimate of drug-likeness (QED) is 0.576. The van der Waals surface area contributed by atoms with Gasteiger partial charge in [0.15, 0.2) is 6.61 Å². The fraction of sp³-hybridized carbons (Fsp3) is 0.417. The van der Waals surface area contributed by atoms with E-state index >= 15 is 0 Å². The van der Waals surface area contributed by atoms with Gasteiger partial charge in [-0.15, -0.1) is 0 Å². The number of halogens is 2. The number of rotatable bonds is 8. The van der Waals surface area contributed by atoms with Gasteiger partial charge in [0.25, 0.3) is 5.91 Å². The van der Waals surface area contributed by atoms with Gasteiger partial charge in [0.05, 0.1) is 0 Å². The number of hydrogen-bond acceptors (Lipinski definition) is 3. The smallest absolute Gasteiger partial charge is 0.261 e. The summed E-state index contributed by atoms with van der Waals surface area (Å²) < 4.78 is 19.6. The molecule has 1 aliphatic carbocycles. The second-order valence-corrected chi connectivity index (χ2v) is 8.83. The van der Waals surface area contributed by atoms with Gasteiger partial charge in [-0.2, -0.15) is 0 Å². The van der Waals surface area contributed by atoms with E-state index in [-0.39, 0.29) is 36.8 Å². The molecule has 5 nitrogen and oxygen atoms in total. The van der Waals surface area contributed by atoms with Gasteiger partial charge in [0.1, 0.15) is 17.6 Å². The molecule has 31 heavy (non-hydrogen) atoms. The second-order valence-electron chi connectivity index (χ2n) is 7.91. The van der Waals surface area contributed by atoms with Crippen LogP contribution in [0.3, 0.4) is 0 Å². The van der Waals surface area contributed by atoms with Gasteiger partial charge < -0.3 is 15.0 Å². The third-order valence-corrected chi connectivity index (χ3v) is 6.09. The Bertz CT molecular complexity index is 867. The van der Waals surface area contributed by atoms with Gasteiger partial charge >= 0.3 is 0 Å². The van der Waals surface area contributed by atoms with E-state index in [0.29, 0.717) is 5.75 Å². The molecule has 3 rings (SSSR count). The molecule has 1 fully saturated rings. The van der Waals surface area contributed by atoms with E-state index in [0.717, 1.165) is 35.7 Å². The van der Waals surface area contributed by atoms with E-state index in [1.165, 1.54) is 35.6 Å². The van der Waals surface area contributed by atoms with Crippen molar-refractivity contribution in [3.05, 3.63) is 64.4 Å². The zero-order valence-corrected chi connectivity index (χ0v) is 19.2. The highest BCUT2D eigenvalue weighted by Gasteiger charge is 2.28. The van der Waals surface area contributed by atoms with Crippen molar-refractivity contribution in [1.29, 1.82) is 0 Å². The van der Waals surface area contributed by atoms with Crippen molar-refractivity contribution in [3.8, 4) is 5.75 Å². The molecule has 166 valence electrons. The highest BCUT2D eigenvalue weighted by molar-refractivity contribution is 9.10. The summed E-state index contributed by atoms with van der Waals surface area (Å²) in [6, 6.07) is 12.7. The zero-order chi connectivity index (χ0) is 22.2. The third-order valence-electron chi connectivity index (χ3n) is 5.56. The lowest BCUT2D eigenvalue weighted by Gasteiger charge is -2.31. The van der Waals surface area contributed by atoms with Crippen LogP contribution in [-0.2, 0) is 16.1 Å². The summed E-state index contributed by atoms with van der Waals surface area (Å²) in [7, 11) is 0. The van der Waals surface area contributed by atoms with Gasteiger partial charge in [0, 0.05) is 17.1 Å². The molecule has 0 aromatic heterocycles. The van der Waals surface area contributed by atoms with Crippen molar-refractivity contribution in [2.45, 2.75) is 57.7 Å². The standard InChI is InChI=1S/C24H28BrFN2O3/c1-17(24(30)27-21-5-3-2-4-6-21)28(15-18-7-9-19(25)10-8-18)23(29)16-31-22-13-11-20(26)12-14-22/h7-14,17,21H,2-6,15-16H2,1H3,(H,27,30)/t17-/m1/s1. The molecule has 1 saturated carbocycles. The predicted octanol–water partition coefficient (Wildman–Crippen LogP) is 4.83. The van der Waals surface area contributed by atoms with E-state index in [9.17, 15) is 14.0 Å². The number of hydrogen-bond donors (Lipinski definition) is 1. The highest BCUT2D eigenvalue weighted by Crippen LogP contribution is 2.19. The average molecular weight is 491 g/mol. The van der Waals surface area contributed by atoms with E-state index in [4.69, 9.17) is 4.74 Å². The van der Waals surface area contributed by atoms with Crippen LogP contribution in [-0.4, -0.2) is 35.4 Å². The molecule has 1 atom stereocenters. The first kappa shape index (κ1) is 23.3. The largest absolute Gasteiger partial charge is 0.484 e. The summed E-state index contributed by atoms with van der Waals surface area (Å²) in [5.41, 5.74) is 0.913. The minimum atomic E-state index is -0.644. The number of carbonyl (C=O) groups is 2. The van der Waals surface area contributed by atoms with Gasteiger partial charge in [-0.25, -0.2) is 4.39 Å². The van der Waals surface area contributed by atoms with Crippen molar-refractivity contribution in [2.75, 3.05) is 6.61 Å². The van der Waals surface area contributed by atoms with E-state index in [1.807, 2.05) is 24.3 Å². The molecule has 0 spiro atoms. The van der Waals surface area contributed by atoms with Gasteiger partial charge in [-0.1, -0.05) is 47.3 Å². The Morgan fingerprint density at radius 1 is 1.10 bits per heavy atom. The molecule has 0 saturated heterocycles. The lowest BCUT2D eigenvalue weighted by atomic mass is 9.95. The molecule has 1 aliphatic rings. The normalized spacial score (nSPS) is 15.2. The number of nitrogens with one attached hydrogen (secondary N) is 1. The lowest BCUT2D eigenvalue weighted by molar-refractivity contribution is -0.142. The van der Waals surface area contributed by atoms with Crippen LogP contribution in [0.1, 0.15) is 44.6 Å². The van der Waals surface area contributed by atoms with Crippen molar-refractivity contribution in [1.82, 2.24) is 10.2 Å². The number of nitrogens with zero attached hydrogens (tertiary/aromatic N) is 1. The summed E-state index contributed by atoms with van der Waals surface area (Å²) in [6.07, 6.45) is 5.40. The SMILES string of the molecule is C[C@H](C(=O)NC1CCCCC1)N(Cc1ccc(Br)cc1)C(=O)COc1ccc(F)cc1. The minimum Gasteiger partial charge on any atom is -0.484 e. The average Bonchev–Trinajstić information content (AvgIpc) is 2.78. The Hall–Kier alpha value is -2.41. The molecule has 2 amide bonds. The van der Waals surface area contributed by atoms with E-state index in [1.54, 1.807) is 6.92 Å². The van der Waals surface area contributed by atoms with Gasteiger partial charge in [0.2, 0.25) is 5.91 Å². The molecule has 2 aromatic rings. The maximum atomic E-state index is 13.1. The molecule has 2 aromatic carbocycles. The van der Waals surface area contributed by atoms with Crippen LogP contribution in [0.2, 0.25) is 0 Å². The van der Waals surface area contributed by atoms with Crippen LogP contribution in [0.25, 0.3) is 0 Å². The molecule has 0 radical (unpaired) electrons. The van der Waals surface area contributed by atoms with E-state index < -0.39 is 6.04 Å². The second kappa shape index (κ2) is 11.3. The summed E-state index contributed by atoms with van der Waals surface area (Å²) in [4.78, 5) is 27.5. The number of benzene rings is 2. The third kappa shape index (κ3) is 7.06. The minimum absolute atomic E-state index is 0.154. The molecular weight excluding hydrogens is 463 g/mol. The van der Waals surface area contributed by atoms with Gasteiger partial charge in [-0.05, 0) is 61.7 Å². The van der Waals surface area contributed by atoms with Gasteiger partial charge in [-0.3, -0.25) is 9.59 Å². The van der Waals surface area contributed by atoms with Crippen LogP contribution in [0, 0.1) is 5.82 Å². The summed E-state index contributed by atoms with van der Waals surface area (Å²) in [6.45, 7) is 1.80. The highest BCUT2D eigenvalue weighted by atomic mass is 79.9. The van der Waals surface area contributed by atoms with Crippen LogP contribution in [0.5, 0.6) is 5.75 Å². The first-order chi connectivity index (χ1) is 14.9. The van der Waals surface area contributed by atoms with Crippen LogP contribution < -0.4 is 10.1 Å². The van der Waals surface area contributed by atoms with Crippen LogP contribution in [0.15, 0.2) is 53.0 Å². The fourth-order valence-corrected chi connectivity index (χ4v) is 3.96. The number of amides is 2. The molecule has 0 aliphatic heterocycles. The van der Waals surface area contributed by atoms with Crippen LogP contribution in [0.4, 0.5) is 4.39 Å². The maximum absolute atomic E-state index is 13.1. The lowest BCUT2D eigenvalue weighted by Crippen LogP contribution is -2.51. The molecular formula is C24H28BrFN2O3. The summed E-state index contributed by atoms with van der Waals surface area (Å²) >= 11 is 3.41. The Morgan fingerprint density at radius 2 is 1.74 bits per heavy atom. The Balaban J connectivity index is 1.69. The molecule has 0 unspecified atom stereocenters. The van der Waals surface area contributed by atoms with Crippen molar-refractivity contribution in [2.24, 2.45) is 0 Å². The van der Waals surface area contributed by atoms with Crippen molar-refractivity contribution < 1.29 is 18.7 Å². The first-order valence-electron chi connectivity index (χ1n) is 10.6. The fourth-order valence-electron chi connectivity index (χ4n) is 3.70. The summed E-state index contributed by atoms with van der Waals surface area (Å²) in [5, 5.41) is 3.11. The molecule has 1 N–H and O–H groups in total. The van der Waals surface area contributed by atoms with Crippen LogP contribution >= 0.6 is 15.9 Å². The number of carbonyl (C=O) groups excluding carboxylic acids is 2. The topological polar surface area (TPSA) is 58.6 Å². The maximum Gasteiger partial charge on any atom is 0.261 e. The number of ether oxygens (including phenoxy) is 1.